The van der Waals surface area contributed by atoms with E-state index in [1.54, 1.807) is 6.92 Å². The molecule has 1 N–H and O–H groups in total. The Bertz CT molecular complexity index is 369. The van der Waals surface area contributed by atoms with E-state index in [0.717, 1.165) is 13.0 Å². The van der Waals surface area contributed by atoms with Crippen molar-refractivity contribution in [3.63, 3.8) is 0 Å². The van der Waals surface area contributed by atoms with Crippen molar-refractivity contribution in [2.24, 2.45) is 0 Å². The zero-order valence-corrected chi connectivity index (χ0v) is 20.2. The number of carbonyl (C=O) groups excluding carboxylic acids is 1. The van der Waals surface area contributed by atoms with E-state index in [1.807, 2.05) is 0 Å². The summed E-state index contributed by atoms with van der Waals surface area (Å²) in [4.78, 5) is 11.8. The van der Waals surface area contributed by atoms with Crippen molar-refractivity contribution in [1.82, 2.24) is 0 Å². The van der Waals surface area contributed by atoms with Crippen LogP contribution in [-0.2, 0) is 9.53 Å². The first kappa shape index (κ1) is 28.4. The molecule has 0 amide bonds. The Morgan fingerprint density at radius 3 is 1.52 bits per heavy atom. The fourth-order valence-electron chi connectivity index (χ4n) is 3.78. The molecule has 174 valence electrons. The predicted octanol–water partition coefficient (Wildman–Crippen LogP) is 6.25. The minimum atomic E-state index is -0.588. The van der Waals surface area contributed by atoms with Gasteiger partial charge in [-0.15, -0.1) is 0 Å². The summed E-state index contributed by atoms with van der Waals surface area (Å²) in [6.45, 7) is 5.39. The number of rotatable bonds is 21. The number of hydrogen-bond acceptors (Lipinski definition) is 3. The molecular formula is C25H52NO3+. The van der Waals surface area contributed by atoms with Gasteiger partial charge in [0.05, 0.1) is 26.7 Å². The van der Waals surface area contributed by atoms with Crippen molar-refractivity contribution in [2.45, 2.75) is 123 Å². The number of hydrogen-bond donors (Lipinski definition) is 1. The molecule has 1 unspecified atom stereocenters. The maximum atomic E-state index is 11.8. The maximum Gasteiger partial charge on any atom is 0.361 e. The highest BCUT2D eigenvalue weighted by molar-refractivity contribution is 5.70. The molecule has 29 heavy (non-hydrogen) atoms. The van der Waals surface area contributed by atoms with Crippen molar-refractivity contribution in [1.29, 1.82) is 0 Å². The first-order valence-corrected chi connectivity index (χ1v) is 12.5. The monoisotopic (exact) mass is 414 g/mol. The van der Waals surface area contributed by atoms with Gasteiger partial charge in [0.15, 0.2) is 6.54 Å². The quantitative estimate of drug-likeness (QED) is 0.137. The van der Waals surface area contributed by atoms with Crippen LogP contribution in [0.15, 0.2) is 0 Å². The molecule has 0 aromatic carbocycles. The fourth-order valence-corrected chi connectivity index (χ4v) is 3.78. The van der Waals surface area contributed by atoms with Gasteiger partial charge in [0.25, 0.3) is 0 Å². The lowest BCUT2D eigenvalue weighted by molar-refractivity contribution is -0.883. The lowest BCUT2D eigenvalue weighted by Crippen LogP contribution is -2.45. The highest BCUT2D eigenvalue weighted by Crippen LogP contribution is 2.14. The molecule has 4 heteroatoms. The van der Waals surface area contributed by atoms with E-state index in [4.69, 9.17) is 4.74 Å². The molecule has 0 aromatic heterocycles. The first-order chi connectivity index (χ1) is 13.9. The Kier molecular flexibility index (Phi) is 19.0. The molecule has 0 radical (unpaired) electrons. The van der Waals surface area contributed by atoms with Crippen LogP contribution in [0.25, 0.3) is 0 Å². The van der Waals surface area contributed by atoms with Gasteiger partial charge in [-0.1, -0.05) is 96.8 Å². The third-order valence-electron chi connectivity index (χ3n) is 5.66. The summed E-state index contributed by atoms with van der Waals surface area (Å²) in [5.74, 6) is -0.215. The molecule has 0 aliphatic carbocycles. The average Bonchev–Trinajstić information content (AvgIpc) is 2.65. The summed E-state index contributed by atoms with van der Waals surface area (Å²) in [7, 11) is 4.16. The average molecular weight is 415 g/mol. The maximum absolute atomic E-state index is 11.8. The molecule has 0 heterocycles. The second kappa shape index (κ2) is 19.4. The zero-order valence-electron chi connectivity index (χ0n) is 20.2. The molecule has 0 saturated carbocycles. The minimum Gasteiger partial charge on any atom is -0.459 e. The Balaban J connectivity index is 3.36. The smallest absolute Gasteiger partial charge is 0.361 e. The molecule has 0 fully saturated rings. The molecule has 4 nitrogen and oxygen atoms in total. The van der Waals surface area contributed by atoms with E-state index in [0.29, 0.717) is 11.0 Å². The molecule has 0 spiro atoms. The van der Waals surface area contributed by atoms with Gasteiger partial charge in [0, 0.05) is 0 Å². The molecule has 0 bridgehead atoms. The van der Waals surface area contributed by atoms with Gasteiger partial charge in [-0.25, -0.2) is 4.79 Å². The molecule has 0 aliphatic rings. The van der Waals surface area contributed by atoms with E-state index in [1.165, 1.54) is 96.3 Å². The normalized spacial score (nSPS) is 12.9. The summed E-state index contributed by atoms with van der Waals surface area (Å²) < 4.78 is 5.73. The van der Waals surface area contributed by atoms with Crippen LogP contribution in [0.2, 0.25) is 0 Å². The van der Waals surface area contributed by atoms with Crippen LogP contribution in [-0.4, -0.2) is 55.5 Å². The van der Waals surface area contributed by atoms with Crippen molar-refractivity contribution >= 4 is 5.97 Å². The molecule has 1 atom stereocenters. The molecular weight excluding hydrogens is 362 g/mol. The number of unbranched alkanes of at least 4 members (excludes halogenated alkanes) is 15. The Morgan fingerprint density at radius 2 is 1.14 bits per heavy atom. The van der Waals surface area contributed by atoms with Gasteiger partial charge in [-0.2, -0.15) is 0 Å². The lowest BCUT2D eigenvalue weighted by Gasteiger charge is -2.28. The highest BCUT2D eigenvalue weighted by Gasteiger charge is 2.20. The van der Waals surface area contributed by atoms with E-state index in [-0.39, 0.29) is 12.6 Å². The van der Waals surface area contributed by atoms with Crippen molar-refractivity contribution in [3.05, 3.63) is 0 Å². The van der Waals surface area contributed by atoms with Gasteiger partial charge < -0.3 is 14.3 Å². The largest absolute Gasteiger partial charge is 0.459 e. The molecule has 0 aromatic rings. The third kappa shape index (κ3) is 21.9. The summed E-state index contributed by atoms with van der Waals surface area (Å²) in [6.07, 6.45) is 21.5. The van der Waals surface area contributed by atoms with Crippen LogP contribution < -0.4 is 0 Å². The summed E-state index contributed by atoms with van der Waals surface area (Å²) in [5.41, 5.74) is 0. The standard InChI is InChI=1S/C25H52NO3/c1-5-6-7-8-9-10-11-12-13-14-15-16-17-18-19-20-21-26(3,4)22-25(28)29-23-24(2)27/h24,27H,5-23H2,1-4H3/q+1. The molecule has 0 rings (SSSR count). The fraction of sp³-hybridized carbons (Fsp3) is 0.960. The number of aliphatic hydroxyl groups is 1. The van der Waals surface area contributed by atoms with Gasteiger partial charge in [0.2, 0.25) is 0 Å². The van der Waals surface area contributed by atoms with Crippen LogP contribution in [0, 0.1) is 0 Å². The number of likely N-dealkylation sites (N-methyl/N-ethyl adjacent to an activating group) is 1. The molecule has 0 saturated heterocycles. The summed E-state index contributed by atoms with van der Waals surface area (Å²) in [5, 5.41) is 9.18. The van der Waals surface area contributed by atoms with Gasteiger partial charge in [0.1, 0.15) is 6.61 Å². The van der Waals surface area contributed by atoms with Crippen LogP contribution in [0.5, 0.6) is 0 Å². The van der Waals surface area contributed by atoms with E-state index >= 15 is 0 Å². The van der Waals surface area contributed by atoms with E-state index < -0.39 is 6.10 Å². The predicted molar refractivity (Wildman–Crippen MR) is 124 cm³/mol. The van der Waals surface area contributed by atoms with Crippen LogP contribution in [0.1, 0.15) is 117 Å². The number of esters is 1. The van der Waals surface area contributed by atoms with Crippen LogP contribution in [0.4, 0.5) is 0 Å². The number of carbonyl (C=O) groups is 1. The van der Waals surface area contributed by atoms with E-state index in [2.05, 4.69) is 21.0 Å². The highest BCUT2D eigenvalue weighted by atomic mass is 16.5. The topological polar surface area (TPSA) is 46.5 Å². The second-order valence-corrected chi connectivity index (χ2v) is 9.65. The van der Waals surface area contributed by atoms with Crippen molar-refractivity contribution in [2.75, 3.05) is 33.8 Å². The SMILES string of the molecule is CCCCCCCCCCCCCCCCCC[N+](C)(C)CC(=O)OCC(C)O. The van der Waals surface area contributed by atoms with Crippen LogP contribution >= 0.6 is 0 Å². The summed E-state index contributed by atoms with van der Waals surface area (Å²) >= 11 is 0. The van der Waals surface area contributed by atoms with Crippen LogP contribution in [0.3, 0.4) is 0 Å². The number of nitrogens with zero attached hydrogens (tertiary/aromatic N) is 1. The van der Waals surface area contributed by atoms with Gasteiger partial charge >= 0.3 is 5.97 Å². The van der Waals surface area contributed by atoms with Gasteiger partial charge in [-0.05, 0) is 19.8 Å². The number of aliphatic hydroxyl groups excluding tert-OH is 1. The minimum absolute atomic E-state index is 0.0951. The third-order valence-corrected chi connectivity index (χ3v) is 5.66. The van der Waals surface area contributed by atoms with Crippen molar-refractivity contribution < 1.29 is 19.1 Å². The van der Waals surface area contributed by atoms with E-state index in [9.17, 15) is 9.90 Å². The Labute approximate surface area is 182 Å². The lowest BCUT2D eigenvalue weighted by atomic mass is 10.0. The second-order valence-electron chi connectivity index (χ2n) is 9.65. The Hall–Kier alpha value is -0.610. The van der Waals surface area contributed by atoms with Crippen molar-refractivity contribution in [3.8, 4) is 0 Å². The number of ether oxygens (including phenoxy) is 1. The number of quaternary nitrogens is 1. The Morgan fingerprint density at radius 1 is 0.759 bits per heavy atom. The van der Waals surface area contributed by atoms with Gasteiger partial charge in [-0.3, -0.25) is 0 Å². The summed E-state index contributed by atoms with van der Waals surface area (Å²) in [6, 6.07) is 0. The first-order valence-electron chi connectivity index (χ1n) is 12.5. The zero-order chi connectivity index (χ0) is 21.8. The molecule has 0 aliphatic heterocycles.